The van der Waals surface area contributed by atoms with Gasteiger partial charge >= 0.3 is 0 Å². The lowest BCUT2D eigenvalue weighted by Crippen LogP contribution is -2.45. The molecule has 1 aliphatic carbocycles. The summed E-state index contributed by atoms with van der Waals surface area (Å²) in [6.45, 7) is 2.33. The zero-order valence-electron chi connectivity index (χ0n) is 12.2. The summed E-state index contributed by atoms with van der Waals surface area (Å²) in [7, 11) is 0. The summed E-state index contributed by atoms with van der Waals surface area (Å²) in [4.78, 5) is 12.0. The summed E-state index contributed by atoms with van der Waals surface area (Å²) < 4.78 is 13.3. The van der Waals surface area contributed by atoms with E-state index >= 15 is 0 Å². The van der Waals surface area contributed by atoms with Crippen LogP contribution in [-0.4, -0.2) is 23.2 Å². The molecule has 3 nitrogen and oxygen atoms in total. The maximum atomic E-state index is 13.3. The number of carbonyl (C=O) groups is 1. The number of hydrogen-bond acceptors (Lipinski definition) is 2. The van der Waals surface area contributed by atoms with E-state index in [4.69, 9.17) is 11.6 Å². The van der Waals surface area contributed by atoms with E-state index in [0.717, 1.165) is 19.3 Å². The van der Waals surface area contributed by atoms with Crippen LogP contribution in [0.2, 0.25) is 5.02 Å². The van der Waals surface area contributed by atoms with Crippen LogP contribution in [0, 0.1) is 11.7 Å². The maximum absolute atomic E-state index is 13.3. The van der Waals surface area contributed by atoms with Gasteiger partial charge in [-0.15, -0.1) is 0 Å². The van der Waals surface area contributed by atoms with Crippen molar-refractivity contribution in [3.63, 3.8) is 0 Å². The van der Waals surface area contributed by atoms with Crippen molar-refractivity contribution in [2.24, 2.45) is 5.92 Å². The van der Waals surface area contributed by atoms with Gasteiger partial charge in [0.15, 0.2) is 0 Å². The first kappa shape index (κ1) is 16.2. The number of halogens is 2. The van der Waals surface area contributed by atoms with Gasteiger partial charge in [-0.25, -0.2) is 4.39 Å². The molecule has 0 atom stereocenters. The quantitative estimate of drug-likeness (QED) is 0.893. The summed E-state index contributed by atoms with van der Waals surface area (Å²) in [5.74, 6) is -0.407. The second-order valence-corrected chi connectivity index (χ2v) is 6.24. The lowest BCUT2D eigenvalue weighted by molar-refractivity contribution is -0.00786. The molecule has 1 aromatic rings. The van der Waals surface area contributed by atoms with Gasteiger partial charge in [-0.3, -0.25) is 4.79 Å². The van der Waals surface area contributed by atoms with Crippen molar-refractivity contribution < 1.29 is 14.3 Å². The predicted molar refractivity (Wildman–Crippen MR) is 80.9 cm³/mol. The molecule has 0 aliphatic heterocycles. The topological polar surface area (TPSA) is 49.3 Å². The molecule has 0 spiro atoms. The van der Waals surface area contributed by atoms with Gasteiger partial charge in [0.05, 0.1) is 16.2 Å². The Morgan fingerprint density at radius 2 is 2.14 bits per heavy atom. The lowest BCUT2D eigenvalue weighted by Gasteiger charge is -2.35. The molecule has 0 aromatic heterocycles. The van der Waals surface area contributed by atoms with Gasteiger partial charge in [-0.2, -0.15) is 0 Å². The van der Waals surface area contributed by atoms with E-state index < -0.39 is 17.3 Å². The molecule has 0 unspecified atom stereocenters. The standard InChI is InChI=1S/C16H21ClFNO2/c1-2-11-6-8-16(21,9-7-11)10-19-15(20)12-4-3-5-13(18)14(12)17/h3-5,11,21H,2,6-10H2,1H3,(H,19,20). The minimum atomic E-state index is -0.860. The van der Waals surface area contributed by atoms with Crippen LogP contribution >= 0.6 is 11.6 Å². The fraction of sp³-hybridized carbons (Fsp3) is 0.562. The van der Waals surface area contributed by atoms with Crippen molar-refractivity contribution in [2.45, 2.75) is 44.6 Å². The molecular formula is C16H21ClFNO2. The van der Waals surface area contributed by atoms with Crippen LogP contribution < -0.4 is 5.32 Å². The van der Waals surface area contributed by atoms with Crippen LogP contribution in [0.1, 0.15) is 49.4 Å². The molecule has 0 heterocycles. The molecule has 116 valence electrons. The highest BCUT2D eigenvalue weighted by atomic mass is 35.5. The first-order valence-electron chi connectivity index (χ1n) is 7.40. The summed E-state index contributed by atoms with van der Waals surface area (Å²) in [5.41, 5.74) is -0.760. The average molecular weight is 314 g/mol. The summed E-state index contributed by atoms with van der Waals surface area (Å²) in [5, 5.41) is 13.0. The first-order chi connectivity index (χ1) is 9.95. The maximum Gasteiger partial charge on any atom is 0.253 e. The van der Waals surface area contributed by atoms with Crippen LogP contribution in [-0.2, 0) is 0 Å². The zero-order valence-corrected chi connectivity index (χ0v) is 12.9. The normalized spacial score (nSPS) is 25.6. The van der Waals surface area contributed by atoms with Crippen molar-refractivity contribution in [1.29, 1.82) is 0 Å². The minimum Gasteiger partial charge on any atom is -0.388 e. The highest BCUT2D eigenvalue weighted by Gasteiger charge is 2.33. The Kier molecular flexibility index (Phi) is 5.22. The van der Waals surface area contributed by atoms with Crippen molar-refractivity contribution in [1.82, 2.24) is 5.32 Å². The Balaban J connectivity index is 1.94. The van der Waals surface area contributed by atoms with E-state index in [9.17, 15) is 14.3 Å². The van der Waals surface area contributed by atoms with Gasteiger partial charge in [-0.05, 0) is 43.7 Å². The molecule has 1 aromatic carbocycles. The van der Waals surface area contributed by atoms with Crippen molar-refractivity contribution in [2.75, 3.05) is 6.54 Å². The van der Waals surface area contributed by atoms with Gasteiger partial charge in [0, 0.05) is 6.54 Å². The van der Waals surface area contributed by atoms with E-state index in [2.05, 4.69) is 12.2 Å². The monoisotopic (exact) mass is 313 g/mol. The fourth-order valence-electron chi connectivity index (χ4n) is 2.82. The average Bonchev–Trinajstić information content (AvgIpc) is 2.49. The molecular weight excluding hydrogens is 293 g/mol. The number of hydrogen-bond donors (Lipinski definition) is 2. The third-order valence-corrected chi connectivity index (χ3v) is 4.77. The van der Waals surface area contributed by atoms with Gasteiger partial charge in [0.25, 0.3) is 5.91 Å². The van der Waals surface area contributed by atoms with E-state index in [1.165, 1.54) is 18.2 Å². The molecule has 0 saturated heterocycles. The Labute approximate surface area is 129 Å². The number of rotatable bonds is 4. The largest absolute Gasteiger partial charge is 0.388 e. The SMILES string of the molecule is CCC1CCC(O)(CNC(=O)c2cccc(F)c2Cl)CC1. The second-order valence-electron chi connectivity index (χ2n) is 5.86. The highest BCUT2D eigenvalue weighted by Crippen LogP contribution is 2.33. The molecule has 0 bridgehead atoms. The molecule has 5 heteroatoms. The molecule has 0 radical (unpaired) electrons. The van der Waals surface area contributed by atoms with Gasteiger partial charge in [0.1, 0.15) is 5.82 Å². The Hall–Kier alpha value is -1.13. The smallest absolute Gasteiger partial charge is 0.253 e. The van der Waals surface area contributed by atoms with Crippen molar-refractivity contribution >= 4 is 17.5 Å². The van der Waals surface area contributed by atoms with E-state index in [-0.39, 0.29) is 17.1 Å². The first-order valence-corrected chi connectivity index (χ1v) is 7.77. The fourth-order valence-corrected chi connectivity index (χ4v) is 3.03. The Bertz CT molecular complexity index is 513. The summed E-state index contributed by atoms with van der Waals surface area (Å²) in [6, 6.07) is 4.12. The molecule has 2 rings (SSSR count). The van der Waals surface area contributed by atoms with Crippen LogP contribution in [0.4, 0.5) is 4.39 Å². The minimum absolute atomic E-state index is 0.0995. The highest BCUT2D eigenvalue weighted by molar-refractivity contribution is 6.34. The Morgan fingerprint density at radius 3 is 2.76 bits per heavy atom. The third-order valence-electron chi connectivity index (χ3n) is 4.39. The van der Waals surface area contributed by atoms with Crippen LogP contribution in [0.15, 0.2) is 18.2 Å². The molecule has 1 aliphatic rings. The predicted octanol–water partition coefficient (Wildman–Crippen LogP) is 3.54. The third kappa shape index (κ3) is 3.95. The summed E-state index contributed by atoms with van der Waals surface area (Å²) >= 11 is 5.78. The van der Waals surface area contributed by atoms with Crippen LogP contribution in [0.25, 0.3) is 0 Å². The zero-order chi connectivity index (χ0) is 15.5. The van der Waals surface area contributed by atoms with E-state index in [0.29, 0.717) is 18.8 Å². The van der Waals surface area contributed by atoms with Crippen molar-refractivity contribution in [3.05, 3.63) is 34.6 Å². The van der Waals surface area contributed by atoms with E-state index in [1.807, 2.05) is 0 Å². The number of aliphatic hydroxyl groups is 1. The number of nitrogens with one attached hydrogen (secondary N) is 1. The molecule has 1 amide bonds. The number of amides is 1. The molecule has 1 fully saturated rings. The summed E-state index contributed by atoms with van der Waals surface area (Å²) in [6.07, 6.45) is 4.44. The molecule has 2 N–H and O–H groups in total. The van der Waals surface area contributed by atoms with Gasteiger partial charge < -0.3 is 10.4 Å². The van der Waals surface area contributed by atoms with Crippen LogP contribution in [0.5, 0.6) is 0 Å². The van der Waals surface area contributed by atoms with Gasteiger partial charge in [-0.1, -0.05) is 31.0 Å². The van der Waals surface area contributed by atoms with Gasteiger partial charge in [0.2, 0.25) is 0 Å². The number of carbonyl (C=O) groups excluding carboxylic acids is 1. The molecule has 1 saturated carbocycles. The van der Waals surface area contributed by atoms with Crippen molar-refractivity contribution in [3.8, 4) is 0 Å². The van der Waals surface area contributed by atoms with Crippen LogP contribution in [0.3, 0.4) is 0 Å². The lowest BCUT2D eigenvalue weighted by atomic mass is 9.78. The Morgan fingerprint density at radius 1 is 1.48 bits per heavy atom. The molecule has 21 heavy (non-hydrogen) atoms. The second kappa shape index (κ2) is 6.75. The number of benzene rings is 1. The van der Waals surface area contributed by atoms with E-state index in [1.54, 1.807) is 0 Å².